The molecule has 0 bridgehead atoms. The number of fused-ring (bicyclic) bond motifs is 2. The third-order valence-electron chi connectivity index (χ3n) is 5.34. The van der Waals surface area contributed by atoms with Gasteiger partial charge < -0.3 is 10.1 Å². The molecule has 5 heteroatoms. The van der Waals surface area contributed by atoms with E-state index in [0.717, 1.165) is 34.4 Å². The zero-order chi connectivity index (χ0) is 18.3. The van der Waals surface area contributed by atoms with Gasteiger partial charge in [0, 0.05) is 0 Å². The first-order valence-corrected chi connectivity index (χ1v) is 8.94. The SMILES string of the molecule is Cc1ccc(C)c(OCCN2C(=O)N[C@@]3(CCc4ccccc43)C2=O)c1. The topological polar surface area (TPSA) is 58.6 Å². The van der Waals surface area contributed by atoms with Crippen LogP contribution in [0.1, 0.15) is 28.7 Å². The maximum absolute atomic E-state index is 13.1. The Morgan fingerprint density at radius 3 is 2.81 bits per heavy atom. The minimum atomic E-state index is -0.896. The lowest BCUT2D eigenvalue weighted by Crippen LogP contribution is -2.42. The van der Waals surface area contributed by atoms with Crippen LogP contribution in [0.4, 0.5) is 4.79 Å². The number of aryl methyl sites for hydroxylation is 3. The molecular formula is C21H22N2O3. The standard InChI is InChI=1S/C21H22N2O3/c1-14-7-8-15(2)18(13-14)26-12-11-23-19(24)21(22-20(23)25)10-9-16-5-3-4-6-17(16)21/h3-8,13H,9-12H2,1-2H3,(H,22,25)/t21-/m1/s1. The quantitative estimate of drug-likeness (QED) is 0.862. The first-order chi connectivity index (χ1) is 12.5. The van der Waals surface area contributed by atoms with Crippen LogP contribution in [0, 0.1) is 13.8 Å². The fourth-order valence-corrected chi connectivity index (χ4v) is 3.90. The highest BCUT2D eigenvalue weighted by Crippen LogP contribution is 2.41. The fourth-order valence-electron chi connectivity index (χ4n) is 3.90. The number of rotatable bonds is 4. The lowest BCUT2D eigenvalue weighted by Gasteiger charge is -2.22. The highest BCUT2D eigenvalue weighted by atomic mass is 16.5. The van der Waals surface area contributed by atoms with Gasteiger partial charge in [0.1, 0.15) is 17.9 Å². The van der Waals surface area contributed by atoms with E-state index in [9.17, 15) is 9.59 Å². The van der Waals surface area contributed by atoms with E-state index >= 15 is 0 Å². The minimum absolute atomic E-state index is 0.169. The Balaban J connectivity index is 1.48. The number of hydrogen-bond donors (Lipinski definition) is 1. The van der Waals surface area contributed by atoms with Crippen molar-refractivity contribution in [1.82, 2.24) is 10.2 Å². The fraction of sp³-hybridized carbons (Fsp3) is 0.333. The van der Waals surface area contributed by atoms with Crippen molar-refractivity contribution in [2.24, 2.45) is 0 Å². The van der Waals surface area contributed by atoms with Crippen molar-refractivity contribution in [3.05, 3.63) is 64.7 Å². The Kier molecular flexibility index (Phi) is 3.94. The molecule has 1 fully saturated rings. The summed E-state index contributed by atoms with van der Waals surface area (Å²) in [5, 5.41) is 2.94. The summed E-state index contributed by atoms with van der Waals surface area (Å²) < 4.78 is 5.82. The van der Waals surface area contributed by atoms with Crippen LogP contribution in [0.15, 0.2) is 42.5 Å². The Labute approximate surface area is 153 Å². The second-order valence-corrected chi connectivity index (χ2v) is 7.07. The third kappa shape index (κ3) is 2.55. The van der Waals surface area contributed by atoms with E-state index in [1.807, 2.05) is 56.3 Å². The van der Waals surface area contributed by atoms with Crippen LogP contribution in [-0.2, 0) is 16.8 Å². The zero-order valence-electron chi connectivity index (χ0n) is 15.0. The van der Waals surface area contributed by atoms with Gasteiger partial charge >= 0.3 is 6.03 Å². The average Bonchev–Trinajstić information content (AvgIpc) is 3.11. The molecule has 5 nitrogen and oxygen atoms in total. The molecule has 26 heavy (non-hydrogen) atoms. The van der Waals surface area contributed by atoms with Crippen LogP contribution in [0.25, 0.3) is 0 Å². The van der Waals surface area contributed by atoms with Crippen molar-refractivity contribution in [1.29, 1.82) is 0 Å². The summed E-state index contributed by atoms with van der Waals surface area (Å²) in [4.78, 5) is 26.8. The summed E-state index contributed by atoms with van der Waals surface area (Å²) in [6.07, 6.45) is 1.42. The molecule has 0 unspecified atom stereocenters. The van der Waals surface area contributed by atoms with E-state index < -0.39 is 5.54 Å². The molecule has 1 atom stereocenters. The molecule has 4 rings (SSSR count). The van der Waals surface area contributed by atoms with Crippen molar-refractivity contribution in [3.8, 4) is 5.75 Å². The Morgan fingerprint density at radius 2 is 1.96 bits per heavy atom. The van der Waals surface area contributed by atoms with Gasteiger partial charge in [-0.05, 0) is 55.0 Å². The summed E-state index contributed by atoms with van der Waals surface area (Å²) in [6.45, 7) is 4.50. The minimum Gasteiger partial charge on any atom is -0.491 e. The first-order valence-electron chi connectivity index (χ1n) is 8.94. The molecule has 1 aliphatic carbocycles. The number of carbonyl (C=O) groups excluding carboxylic acids is 2. The molecule has 1 heterocycles. The van der Waals surface area contributed by atoms with Gasteiger partial charge in [-0.25, -0.2) is 4.79 Å². The second kappa shape index (κ2) is 6.16. The maximum atomic E-state index is 13.1. The van der Waals surface area contributed by atoms with Gasteiger partial charge in [-0.2, -0.15) is 0 Å². The normalized spacial score (nSPS) is 21.2. The van der Waals surface area contributed by atoms with Crippen LogP contribution in [0.5, 0.6) is 5.75 Å². The summed E-state index contributed by atoms with van der Waals surface area (Å²) in [7, 11) is 0. The third-order valence-corrected chi connectivity index (χ3v) is 5.34. The Bertz CT molecular complexity index is 893. The number of carbonyl (C=O) groups is 2. The lowest BCUT2D eigenvalue weighted by molar-refractivity contribution is -0.131. The highest BCUT2D eigenvalue weighted by molar-refractivity contribution is 6.08. The van der Waals surface area contributed by atoms with Gasteiger partial charge in [-0.1, -0.05) is 36.4 Å². The summed E-state index contributed by atoms with van der Waals surface area (Å²) in [5.41, 5.74) is 3.31. The maximum Gasteiger partial charge on any atom is 0.325 e. The summed E-state index contributed by atoms with van der Waals surface area (Å²) >= 11 is 0. The van der Waals surface area contributed by atoms with E-state index in [1.165, 1.54) is 4.90 Å². The van der Waals surface area contributed by atoms with E-state index in [2.05, 4.69) is 5.32 Å². The predicted octanol–water partition coefficient (Wildman–Crippen LogP) is 3.08. The van der Waals surface area contributed by atoms with E-state index in [4.69, 9.17) is 4.74 Å². The number of imide groups is 1. The first kappa shape index (κ1) is 16.6. The van der Waals surface area contributed by atoms with E-state index in [0.29, 0.717) is 6.42 Å². The van der Waals surface area contributed by atoms with Gasteiger partial charge in [-0.15, -0.1) is 0 Å². The zero-order valence-corrected chi connectivity index (χ0v) is 15.0. The smallest absolute Gasteiger partial charge is 0.325 e. The van der Waals surface area contributed by atoms with E-state index in [-0.39, 0.29) is 25.1 Å². The van der Waals surface area contributed by atoms with Gasteiger partial charge in [-0.3, -0.25) is 9.69 Å². The van der Waals surface area contributed by atoms with Crippen molar-refractivity contribution in [2.75, 3.05) is 13.2 Å². The van der Waals surface area contributed by atoms with Crippen molar-refractivity contribution in [2.45, 2.75) is 32.2 Å². The monoisotopic (exact) mass is 350 g/mol. The summed E-state index contributed by atoms with van der Waals surface area (Å²) in [5.74, 6) is 0.620. The predicted molar refractivity (Wildman–Crippen MR) is 98.1 cm³/mol. The number of amides is 3. The Morgan fingerprint density at radius 1 is 1.15 bits per heavy atom. The molecular weight excluding hydrogens is 328 g/mol. The number of hydrogen-bond acceptors (Lipinski definition) is 3. The van der Waals surface area contributed by atoms with Crippen molar-refractivity contribution >= 4 is 11.9 Å². The van der Waals surface area contributed by atoms with Crippen LogP contribution >= 0.6 is 0 Å². The summed E-state index contributed by atoms with van der Waals surface area (Å²) in [6, 6.07) is 13.5. The largest absolute Gasteiger partial charge is 0.491 e. The molecule has 2 aromatic carbocycles. The molecule has 2 aliphatic rings. The van der Waals surface area contributed by atoms with Crippen molar-refractivity contribution < 1.29 is 14.3 Å². The van der Waals surface area contributed by atoms with Crippen LogP contribution in [-0.4, -0.2) is 30.0 Å². The molecule has 1 saturated heterocycles. The molecule has 0 radical (unpaired) electrons. The second-order valence-electron chi connectivity index (χ2n) is 7.07. The lowest BCUT2D eigenvalue weighted by atomic mass is 9.92. The molecule has 0 aromatic heterocycles. The molecule has 134 valence electrons. The number of urea groups is 1. The van der Waals surface area contributed by atoms with Gasteiger partial charge in [0.05, 0.1) is 6.54 Å². The van der Waals surface area contributed by atoms with Gasteiger partial charge in [0.25, 0.3) is 5.91 Å². The molecule has 1 spiro atoms. The van der Waals surface area contributed by atoms with Crippen LogP contribution in [0.3, 0.4) is 0 Å². The number of nitrogens with zero attached hydrogens (tertiary/aromatic N) is 1. The molecule has 3 amide bonds. The Hall–Kier alpha value is -2.82. The highest BCUT2D eigenvalue weighted by Gasteiger charge is 2.54. The van der Waals surface area contributed by atoms with Crippen LogP contribution in [0.2, 0.25) is 0 Å². The number of nitrogens with one attached hydrogen (secondary N) is 1. The molecule has 0 saturated carbocycles. The van der Waals surface area contributed by atoms with Gasteiger partial charge in [0.15, 0.2) is 0 Å². The molecule has 2 aromatic rings. The number of ether oxygens (including phenoxy) is 1. The molecule has 1 aliphatic heterocycles. The average molecular weight is 350 g/mol. The van der Waals surface area contributed by atoms with Crippen molar-refractivity contribution in [3.63, 3.8) is 0 Å². The van der Waals surface area contributed by atoms with Crippen LogP contribution < -0.4 is 10.1 Å². The van der Waals surface area contributed by atoms with E-state index in [1.54, 1.807) is 0 Å². The number of benzene rings is 2. The molecule has 1 N–H and O–H groups in total. The van der Waals surface area contributed by atoms with Gasteiger partial charge in [0.2, 0.25) is 0 Å².